The number of aliphatic hydroxyl groups is 2. The van der Waals surface area contributed by atoms with Crippen molar-refractivity contribution in [2.75, 3.05) is 13.7 Å². The molecule has 0 aliphatic carbocycles. The second kappa shape index (κ2) is 7.93. The van der Waals surface area contributed by atoms with Gasteiger partial charge in [0, 0.05) is 0 Å². The van der Waals surface area contributed by atoms with Crippen LogP contribution in [-0.4, -0.2) is 66.5 Å². The van der Waals surface area contributed by atoms with E-state index in [4.69, 9.17) is 19.3 Å². The van der Waals surface area contributed by atoms with Crippen LogP contribution in [-0.2, 0) is 22.7 Å². The first-order valence-electron chi connectivity index (χ1n) is 7.00. The molecule has 1 saturated heterocycles. The topological polar surface area (TPSA) is 227 Å². The van der Waals surface area contributed by atoms with Crippen molar-refractivity contribution < 1.29 is 52.3 Å². The summed E-state index contributed by atoms with van der Waals surface area (Å²) in [5, 5.41) is 20.0. The molecule has 154 valence electrons. The number of aromatic nitrogens is 2. The zero-order chi connectivity index (χ0) is 20.6. The number of rotatable bonds is 7. The van der Waals surface area contributed by atoms with Crippen molar-refractivity contribution in [3.05, 3.63) is 27.0 Å². The Morgan fingerprint density at radius 1 is 1.22 bits per heavy atom. The highest BCUT2D eigenvalue weighted by Crippen LogP contribution is 2.57. The normalized spacial score (nSPS) is 28.1. The fourth-order valence-electron chi connectivity index (χ4n) is 2.22. The molecule has 1 aromatic rings. The Morgan fingerprint density at radius 2 is 1.85 bits per heavy atom. The number of hydrogen-bond donors (Lipinski definition) is 6. The minimum atomic E-state index is -5.34. The SMILES string of the molecule is COc1cn([C@@H]2O[C@H](COP(=O)(O)OP(=O)(O)O)C(O)[C@@H]2O)c(=O)[nH]c1=O. The van der Waals surface area contributed by atoms with Gasteiger partial charge in [0.25, 0.3) is 5.56 Å². The van der Waals surface area contributed by atoms with Crippen LogP contribution in [0, 0.1) is 0 Å². The van der Waals surface area contributed by atoms with E-state index in [2.05, 4.69) is 8.83 Å². The average molecular weight is 434 g/mol. The Balaban J connectivity index is 2.17. The molecular weight excluding hydrogens is 418 g/mol. The summed E-state index contributed by atoms with van der Waals surface area (Å²) in [4.78, 5) is 51.5. The zero-order valence-electron chi connectivity index (χ0n) is 13.4. The summed E-state index contributed by atoms with van der Waals surface area (Å²) in [6, 6.07) is 0. The van der Waals surface area contributed by atoms with Crippen molar-refractivity contribution in [2.45, 2.75) is 24.5 Å². The predicted octanol–water partition coefficient (Wildman–Crippen LogP) is -2.61. The van der Waals surface area contributed by atoms with Crippen LogP contribution in [0.5, 0.6) is 5.75 Å². The lowest BCUT2D eigenvalue weighted by atomic mass is 10.1. The molecule has 0 amide bonds. The van der Waals surface area contributed by atoms with E-state index in [1.54, 1.807) is 0 Å². The molecule has 2 heterocycles. The van der Waals surface area contributed by atoms with Crippen molar-refractivity contribution in [1.29, 1.82) is 0 Å². The Kier molecular flexibility index (Phi) is 6.44. The summed E-state index contributed by atoms with van der Waals surface area (Å²) >= 11 is 0. The summed E-state index contributed by atoms with van der Waals surface area (Å²) in [7, 11) is -9.40. The number of phosphoric acid groups is 2. The molecule has 0 bridgehead atoms. The van der Waals surface area contributed by atoms with Gasteiger partial charge in [0.2, 0.25) is 5.75 Å². The van der Waals surface area contributed by atoms with Crippen LogP contribution >= 0.6 is 15.6 Å². The van der Waals surface area contributed by atoms with Gasteiger partial charge < -0.3 is 34.4 Å². The van der Waals surface area contributed by atoms with Gasteiger partial charge in [0.05, 0.1) is 19.9 Å². The molecule has 0 saturated carbocycles. The Hall–Kier alpha value is -1.38. The van der Waals surface area contributed by atoms with Gasteiger partial charge in [-0.25, -0.2) is 13.9 Å². The van der Waals surface area contributed by atoms with E-state index in [-0.39, 0.29) is 5.75 Å². The molecule has 2 unspecified atom stereocenters. The van der Waals surface area contributed by atoms with Crippen LogP contribution in [0.1, 0.15) is 6.23 Å². The lowest BCUT2D eigenvalue weighted by Gasteiger charge is -2.18. The van der Waals surface area contributed by atoms with Crippen LogP contribution in [0.2, 0.25) is 0 Å². The molecule has 6 N–H and O–H groups in total. The second-order valence-corrected chi connectivity index (χ2v) is 8.08. The van der Waals surface area contributed by atoms with Crippen LogP contribution in [0.3, 0.4) is 0 Å². The van der Waals surface area contributed by atoms with E-state index in [0.717, 1.165) is 13.3 Å². The van der Waals surface area contributed by atoms with Crippen LogP contribution in [0.15, 0.2) is 15.8 Å². The first-order valence-corrected chi connectivity index (χ1v) is 10.0. The number of ether oxygens (including phenoxy) is 2. The molecule has 0 aromatic carbocycles. The number of methoxy groups -OCH3 is 1. The molecule has 1 fully saturated rings. The van der Waals surface area contributed by atoms with Gasteiger partial charge in [-0.15, -0.1) is 0 Å². The molecule has 0 radical (unpaired) electrons. The standard InChI is InChI=1S/C10H16N2O13P2/c1-22-4-2-12(10(16)11-8(4)15)9-7(14)6(13)5(24-9)3-23-27(20,21)25-26(17,18)19/h2,5-7,9,13-14H,3H2,1H3,(H,20,21)(H,11,15,16)(H2,17,18,19)/t5-,6?,7+,9-/m1/s1. The molecular formula is C10H16N2O13P2. The third-order valence-corrected chi connectivity index (χ3v) is 5.53. The monoisotopic (exact) mass is 434 g/mol. The smallest absolute Gasteiger partial charge is 0.481 e. The zero-order valence-corrected chi connectivity index (χ0v) is 15.2. The van der Waals surface area contributed by atoms with Crippen LogP contribution in [0.4, 0.5) is 0 Å². The highest BCUT2D eigenvalue weighted by atomic mass is 31.3. The maximum absolute atomic E-state index is 11.9. The fourth-order valence-corrected chi connectivity index (χ4v) is 3.82. The lowest BCUT2D eigenvalue weighted by molar-refractivity contribution is -0.0544. The van der Waals surface area contributed by atoms with E-state index in [9.17, 15) is 33.8 Å². The second-order valence-electron chi connectivity index (χ2n) is 5.25. The Labute approximate surface area is 149 Å². The van der Waals surface area contributed by atoms with E-state index in [1.165, 1.54) is 0 Å². The van der Waals surface area contributed by atoms with Crippen molar-refractivity contribution >= 4 is 15.6 Å². The van der Waals surface area contributed by atoms with E-state index >= 15 is 0 Å². The number of aromatic amines is 1. The molecule has 1 aromatic heterocycles. The molecule has 1 aliphatic rings. The van der Waals surface area contributed by atoms with E-state index < -0.39 is 58.0 Å². The van der Waals surface area contributed by atoms with Gasteiger partial charge in [-0.1, -0.05) is 0 Å². The van der Waals surface area contributed by atoms with Crippen molar-refractivity contribution in [1.82, 2.24) is 9.55 Å². The molecule has 0 spiro atoms. The number of phosphoric ester groups is 1. The Bertz CT molecular complexity index is 890. The summed E-state index contributed by atoms with van der Waals surface area (Å²) in [6.07, 6.45) is -5.57. The lowest BCUT2D eigenvalue weighted by Crippen LogP contribution is -2.38. The summed E-state index contributed by atoms with van der Waals surface area (Å²) in [5.74, 6) is -0.297. The van der Waals surface area contributed by atoms with Crippen LogP contribution in [0.25, 0.3) is 0 Å². The quantitative estimate of drug-likeness (QED) is 0.242. The van der Waals surface area contributed by atoms with Crippen molar-refractivity contribution in [3.63, 3.8) is 0 Å². The number of nitrogens with one attached hydrogen (secondary N) is 1. The van der Waals surface area contributed by atoms with E-state index in [1.807, 2.05) is 4.98 Å². The Morgan fingerprint density at radius 3 is 2.41 bits per heavy atom. The first kappa shape index (κ1) is 21.9. The summed E-state index contributed by atoms with van der Waals surface area (Å²) in [5.41, 5.74) is -1.85. The molecule has 2 rings (SSSR count). The van der Waals surface area contributed by atoms with Gasteiger partial charge in [0.15, 0.2) is 6.23 Å². The van der Waals surface area contributed by atoms with Gasteiger partial charge in [-0.3, -0.25) is 18.9 Å². The molecule has 17 heteroatoms. The molecule has 1 aliphatic heterocycles. The molecule has 5 atom stereocenters. The third-order valence-electron chi connectivity index (χ3n) is 3.38. The van der Waals surface area contributed by atoms with Gasteiger partial charge in [-0.05, 0) is 0 Å². The van der Waals surface area contributed by atoms with E-state index in [0.29, 0.717) is 4.57 Å². The number of aliphatic hydroxyl groups excluding tert-OH is 2. The average Bonchev–Trinajstić information content (AvgIpc) is 2.79. The number of H-pyrrole nitrogens is 1. The van der Waals surface area contributed by atoms with Gasteiger partial charge in [0.1, 0.15) is 18.3 Å². The largest absolute Gasteiger partial charge is 0.490 e. The number of hydrogen-bond acceptors (Lipinski definition) is 10. The fraction of sp³-hybridized carbons (Fsp3) is 0.600. The maximum Gasteiger partial charge on any atom is 0.481 e. The van der Waals surface area contributed by atoms with Crippen molar-refractivity contribution in [3.8, 4) is 5.75 Å². The van der Waals surface area contributed by atoms with Crippen LogP contribution < -0.4 is 16.0 Å². The summed E-state index contributed by atoms with van der Waals surface area (Å²) in [6.45, 7) is -0.933. The minimum absolute atomic E-state index is 0.297. The van der Waals surface area contributed by atoms with Gasteiger partial charge in [-0.2, -0.15) is 4.31 Å². The molecule has 27 heavy (non-hydrogen) atoms. The number of nitrogens with zero attached hydrogens (tertiary/aromatic N) is 1. The first-order chi connectivity index (χ1) is 12.3. The third kappa shape index (κ3) is 5.33. The highest BCUT2D eigenvalue weighted by Gasteiger charge is 2.46. The highest BCUT2D eigenvalue weighted by molar-refractivity contribution is 7.60. The molecule has 15 nitrogen and oxygen atoms in total. The maximum atomic E-state index is 11.9. The van der Waals surface area contributed by atoms with Crippen molar-refractivity contribution in [2.24, 2.45) is 0 Å². The van der Waals surface area contributed by atoms with Gasteiger partial charge >= 0.3 is 21.3 Å². The predicted molar refractivity (Wildman–Crippen MR) is 82.7 cm³/mol. The summed E-state index contributed by atoms with van der Waals surface area (Å²) < 4.78 is 40.5. The minimum Gasteiger partial charge on any atom is -0.490 e.